The average molecular weight is 281 g/mol. The first-order chi connectivity index (χ1) is 10.2. The van der Waals surface area contributed by atoms with E-state index in [1.807, 2.05) is 0 Å². The van der Waals surface area contributed by atoms with E-state index >= 15 is 0 Å². The maximum absolute atomic E-state index is 4.78. The van der Waals surface area contributed by atoms with Gasteiger partial charge in [0.15, 0.2) is 0 Å². The Morgan fingerprint density at radius 1 is 1.19 bits per heavy atom. The quantitative estimate of drug-likeness (QED) is 0.867. The Kier molecular flexibility index (Phi) is 4.18. The zero-order chi connectivity index (χ0) is 14.7. The highest BCUT2D eigenvalue weighted by Crippen LogP contribution is 2.39. The SMILES string of the molecule is CCCNc1cc(C2CC2)nc(Cc2cccc(C)c2)n1. The number of rotatable bonds is 6. The summed E-state index contributed by atoms with van der Waals surface area (Å²) in [6, 6.07) is 10.7. The van der Waals surface area contributed by atoms with Crippen LogP contribution in [0.25, 0.3) is 0 Å². The van der Waals surface area contributed by atoms with Crippen molar-refractivity contribution in [2.24, 2.45) is 0 Å². The number of anilines is 1. The Hall–Kier alpha value is -1.90. The second-order valence-electron chi connectivity index (χ2n) is 5.96. The third-order valence-electron chi connectivity index (χ3n) is 3.79. The lowest BCUT2D eigenvalue weighted by molar-refractivity contribution is 0.887. The fourth-order valence-electron chi connectivity index (χ4n) is 2.53. The van der Waals surface area contributed by atoms with Crippen molar-refractivity contribution in [1.29, 1.82) is 0 Å². The molecular weight excluding hydrogens is 258 g/mol. The number of benzene rings is 1. The summed E-state index contributed by atoms with van der Waals surface area (Å²) in [6.45, 7) is 5.26. The van der Waals surface area contributed by atoms with Crippen LogP contribution in [0.4, 0.5) is 5.82 Å². The van der Waals surface area contributed by atoms with Crippen LogP contribution in [-0.4, -0.2) is 16.5 Å². The second kappa shape index (κ2) is 6.25. The molecule has 3 rings (SSSR count). The zero-order valence-electron chi connectivity index (χ0n) is 12.9. The van der Waals surface area contributed by atoms with Crippen LogP contribution < -0.4 is 5.32 Å². The molecule has 0 aliphatic heterocycles. The highest BCUT2D eigenvalue weighted by Gasteiger charge is 2.26. The van der Waals surface area contributed by atoms with Crippen LogP contribution >= 0.6 is 0 Å². The van der Waals surface area contributed by atoms with E-state index in [1.54, 1.807) is 0 Å². The molecule has 1 fully saturated rings. The van der Waals surface area contributed by atoms with E-state index in [0.717, 1.165) is 31.0 Å². The summed E-state index contributed by atoms with van der Waals surface area (Å²) >= 11 is 0. The molecule has 0 atom stereocenters. The van der Waals surface area contributed by atoms with Gasteiger partial charge in [0.2, 0.25) is 0 Å². The summed E-state index contributed by atoms with van der Waals surface area (Å²) in [5.74, 6) is 2.58. The highest BCUT2D eigenvalue weighted by molar-refractivity contribution is 5.39. The van der Waals surface area contributed by atoms with E-state index in [-0.39, 0.29) is 0 Å². The maximum atomic E-state index is 4.78. The Bertz CT molecular complexity index is 618. The van der Waals surface area contributed by atoms with Crippen molar-refractivity contribution in [3.8, 4) is 0 Å². The van der Waals surface area contributed by atoms with Gasteiger partial charge in [0.1, 0.15) is 11.6 Å². The smallest absolute Gasteiger partial charge is 0.135 e. The van der Waals surface area contributed by atoms with Gasteiger partial charge in [-0.3, -0.25) is 0 Å². The molecule has 3 nitrogen and oxygen atoms in total. The van der Waals surface area contributed by atoms with Gasteiger partial charge in [-0.25, -0.2) is 9.97 Å². The molecule has 1 heterocycles. The number of aromatic nitrogens is 2. The van der Waals surface area contributed by atoms with Crippen LogP contribution in [0.5, 0.6) is 0 Å². The molecule has 1 aliphatic rings. The molecule has 21 heavy (non-hydrogen) atoms. The zero-order valence-corrected chi connectivity index (χ0v) is 12.9. The molecule has 1 N–H and O–H groups in total. The van der Waals surface area contributed by atoms with Gasteiger partial charge < -0.3 is 5.32 Å². The topological polar surface area (TPSA) is 37.8 Å². The molecule has 0 amide bonds. The van der Waals surface area contributed by atoms with Gasteiger partial charge in [-0.1, -0.05) is 36.8 Å². The van der Waals surface area contributed by atoms with E-state index < -0.39 is 0 Å². The molecule has 3 heteroatoms. The van der Waals surface area contributed by atoms with E-state index in [4.69, 9.17) is 4.98 Å². The van der Waals surface area contributed by atoms with E-state index in [2.05, 4.69) is 54.5 Å². The van der Waals surface area contributed by atoms with Crippen LogP contribution in [0.3, 0.4) is 0 Å². The van der Waals surface area contributed by atoms with Crippen molar-refractivity contribution in [3.63, 3.8) is 0 Å². The monoisotopic (exact) mass is 281 g/mol. The van der Waals surface area contributed by atoms with Crippen LogP contribution in [0, 0.1) is 6.92 Å². The van der Waals surface area contributed by atoms with Crippen molar-refractivity contribution < 1.29 is 0 Å². The normalized spacial score (nSPS) is 14.2. The van der Waals surface area contributed by atoms with Crippen LogP contribution in [-0.2, 0) is 6.42 Å². The lowest BCUT2D eigenvalue weighted by Crippen LogP contribution is -2.07. The van der Waals surface area contributed by atoms with Gasteiger partial charge in [0.05, 0.1) is 0 Å². The molecule has 0 spiro atoms. The number of hydrogen-bond donors (Lipinski definition) is 1. The second-order valence-corrected chi connectivity index (χ2v) is 5.96. The lowest BCUT2D eigenvalue weighted by Gasteiger charge is -2.09. The summed E-state index contributed by atoms with van der Waals surface area (Å²) in [5.41, 5.74) is 3.78. The van der Waals surface area contributed by atoms with Gasteiger partial charge in [-0.15, -0.1) is 0 Å². The fourth-order valence-corrected chi connectivity index (χ4v) is 2.53. The predicted octanol–water partition coefficient (Wildman–Crippen LogP) is 4.08. The third kappa shape index (κ3) is 3.81. The average Bonchev–Trinajstić information content (AvgIpc) is 3.29. The molecule has 0 bridgehead atoms. The van der Waals surface area contributed by atoms with Gasteiger partial charge in [0.25, 0.3) is 0 Å². The van der Waals surface area contributed by atoms with Gasteiger partial charge in [-0.05, 0) is 31.7 Å². The Morgan fingerprint density at radius 3 is 2.76 bits per heavy atom. The van der Waals surface area contributed by atoms with Crippen molar-refractivity contribution >= 4 is 5.82 Å². The molecule has 1 aromatic carbocycles. The first-order valence-corrected chi connectivity index (χ1v) is 7.92. The van der Waals surface area contributed by atoms with E-state index in [1.165, 1.54) is 29.7 Å². The molecule has 1 aliphatic carbocycles. The largest absolute Gasteiger partial charge is 0.370 e. The van der Waals surface area contributed by atoms with Gasteiger partial charge >= 0.3 is 0 Å². The summed E-state index contributed by atoms with van der Waals surface area (Å²) in [7, 11) is 0. The number of nitrogens with zero attached hydrogens (tertiary/aromatic N) is 2. The van der Waals surface area contributed by atoms with E-state index in [9.17, 15) is 0 Å². The Morgan fingerprint density at radius 2 is 2.05 bits per heavy atom. The molecule has 1 aromatic heterocycles. The highest BCUT2D eigenvalue weighted by atomic mass is 15.0. The number of hydrogen-bond acceptors (Lipinski definition) is 3. The lowest BCUT2D eigenvalue weighted by atomic mass is 10.1. The summed E-state index contributed by atoms with van der Waals surface area (Å²) in [5, 5.41) is 3.40. The number of aryl methyl sites for hydroxylation is 1. The van der Waals surface area contributed by atoms with Crippen molar-refractivity contribution in [2.45, 2.75) is 45.4 Å². The summed E-state index contributed by atoms with van der Waals surface area (Å²) in [6.07, 6.45) is 4.46. The summed E-state index contributed by atoms with van der Waals surface area (Å²) in [4.78, 5) is 9.46. The van der Waals surface area contributed by atoms with Crippen LogP contribution in [0.15, 0.2) is 30.3 Å². The summed E-state index contributed by atoms with van der Waals surface area (Å²) < 4.78 is 0. The van der Waals surface area contributed by atoms with Crippen molar-refractivity contribution in [3.05, 3.63) is 53.0 Å². The molecule has 0 saturated heterocycles. The molecule has 110 valence electrons. The van der Waals surface area contributed by atoms with Crippen molar-refractivity contribution in [2.75, 3.05) is 11.9 Å². The first-order valence-electron chi connectivity index (χ1n) is 7.92. The predicted molar refractivity (Wildman–Crippen MR) is 86.8 cm³/mol. The van der Waals surface area contributed by atoms with Gasteiger partial charge in [0, 0.05) is 30.6 Å². The van der Waals surface area contributed by atoms with Crippen molar-refractivity contribution in [1.82, 2.24) is 9.97 Å². The standard InChI is InChI=1S/C18H23N3/c1-3-9-19-17-12-16(15-7-8-15)20-18(21-17)11-14-6-4-5-13(2)10-14/h4-6,10,12,15H,3,7-9,11H2,1-2H3,(H,19,20,21). The Labute approximate surface area is 126 Å². The minimum absolute atomic E-state index is 0.659. The molecule has 2 aromatic rings. The van der Waals surface area contributed by atoms with E-state index in [0.29, 0.717) is 5.92 Å². The van der Waals surface area contributed by atoms with Gasteiger partial charge in [-0.2, -0.15) is 0 Å². The fraction of sp³-hybridized carbons (Fsp3) is 0.444. The molecule has 1 saturated carbocycles. The molecule has 0 unspecified atom stereocenters. The molecule has 0 radical (unpaired) electrons. The first kappa shape index (κ1) is 14.1. The Balaban J connectivity index is 1.84. The minimum Gasteiger partial charge on any atom is -0.370 e. The van der Waals surface area contributed by atoms with Crippen LogP contribution in [0.1, 0.15) is 54.7 Å². The minimum atomic E-state index is 0.659. The number of nitrogens with one attached hydrogen (secondary N) is 1. The third-order valence-corrected chi connectivity index (χ3v) is 3.79. The van der Waals surface area contributed by atoms with Crippen LogP contribution in [0.2, 0.25) is 0 Å². The molecular formula is C18H23N3. The maximum Gasteiger partial charge on any atom is 0.135 e.